The van der Waals surface area contributed by atoms with Gasteiger partial charge < -0.3 is 39.4 Å². The number of ketones is 2. The number of amides is 2. The highest BCUT2D eigenvalue weighted by molar-refractivity contribution is 6.01. The van der Waals surface area contributed by atoms with E-state index in [-0.39, 0.29) is 57.7 Å². The van der Waals surface area contributed by atoms with Crippen LogP contribution in [-0.4, -0.2) is 105 Å². The summed E-state index contributed by atoms with van der Waals surface area (Å²) in [5.74, 6) is -2.92. The van der Waals surface area contributed by atoms with E-state index >= 15 is 0 Å². The van der Waals surface area contributed by atoms with Gasteiger partial charge in [-0.3, -0.25) is 33.6 Å². The number of esters is 3. The van der Waals surface area contributed by atoms with Crippen LogP contribution in [0, 0.1) is 0 Å². The number of allylic oxidation sites excluding steroid dienone is 1. The minimum atomic E-state index is -1.49. The summed E-state index contributed by atoms with van der Waals surface area (Å²) in [6.45, 7) is 8.15. The molecule has 0 saturated carbocycles. The van der Waals surface area contributed by atoms with Crippen molar-refractivity contribution in [2.75, 3.05) is 53.2 Å². The summed E-state index contributed by atoms with van der Waals surface area (Å²) < 4.78 is 25.1. The van der Waals surface area contributed by atoms with Crippen molar-refractivity contribution in [3.05, 3.63) is 42.5 Å². The van der Waals surface area contributed by atoms with E-state index in [2.05, 4.69) is 17.2 Å². The van der Waals surface area contributed by atoms with Crippen LogP contribution < -0.4 is 15.4 Å². The molecule has 268 valence electrons. The molecule has 0 radical (unpaired) electrons. The number of carbonyl (C=O) groups is 7. The molecule has 15 heteroatoms. The molecule has 2 amide bonds. The van der Waals surface area contributed by atoms with E-state index in [9.17, 15) is 38.7 Å². The Morgan fingerprint density at radius 1 is 0.750 bits per heavy atom. The minimum Gasteiger partial charge on any atom is -0.490 e. The quantitative estimate of drug-likeness (QED) is 0.0375. The Morgan fingerprint density at radius 3 is 1.75 bits per heavy atom. The number of carbonyl (C=O) groups excluding carboxylic acids is 7. The first-order chi connectivity index (χ1) is 22.7. The molecular formula is C33H48N2O13. The van der Waals surface area contributed by atoms with Crippen molar-refractivity contribution in [3.63, 3.8) is 0 Å². The van der Waals surface area contributed by atoms with E-state index in [0.29, 0.717) is 37.2 Å². The van der Waals surface area contributed by atoms with Gasteiger partial charge in [0.1, 0.15) is 44.0 Å². The zero-order chi connectivity index (χ0) is 36.4. The number of benzene rings is 1. The Balaban J connectivity index is 0.00000409. The molecule has 0 aromatic heterocycles. The zero-order valence-electron chi connectivity index (χ0n) is 28.1. The molecule has 1 aromatic carbocycles. The molecule has 0 aliphatic rings. The predicted octanol–water partition coefficient (Wildman–Crippen LogP) is 1.63. The molecule has 0 atom stereocenters. The highest BCUT2D eigenvalue weighted by atomic mass is 16.6. The van der Waals surface area contributed by atoms with Gasteiger partial charge in [0, 0.05) is 32.2 Å². The smallest absolute Gasteiger partial charge is 0.315 e. The lowest BCUT2D eigenvalue weighted by Gasteiger charge is -2.15. The summed E-state index contributed by atoms with van der Waals surface area (Å²) in [6, 6.07) is 6.12. The largest absolute Gasteiger partial charge is 0.490 e. The lowest BCUT2D eigenvalue weighted by Crippen LogP contribution is -2.36. The number of rotatable bonds is 23. The highest BCUT2D eigenvalue weighted by Crippen LogP contribution is 2.17. The van der Waals surface area contributed by atoms with Crippen LogP contribution in [0.3, 0.4) is 0 Å². The molecule has 15 nitrogen and oxygen atoms in total. The van der Waals surface area contributed by atoms with Gasteiger partial charge in [0.2, 0.25) is 11.8 Å². The van der Waals surface area contributed by atoms with Crippen molar-refractivity contribution >= 4 is 41.3 Å². The Morgan fingerprint density at radius 2 is 1.25 bits per heavy atom. The standard InChI is InChI=1S/C29H42N2O12.C4H6O/c1-29(2,38)28(37)21-8-10-22(11-9-21)40-17-18-43-27(36)20-24(33)31-13-12-30-23(32)19-26(35)41-14-6-4-5-7-25(34)42-16-15-39-3;1-3-4(2)5/h8-11,38H,4-7,12-20H2,1-3H3,(H,30,32)(H,31,33);3H,1H2,2H3. The molecular weight excluding hydrogens is 632 g/mol. The van der Waals surface area contributed by atoms with Gasteiger partial charge in [0.25, 0.3) is 0 Å². The number of ether oxygens (including phenoxy) is 5. The van der Waals surface area contributed by atoms with E-state index in [0.717, 1.165) is 0 Å². The molecule has 0 fully saturated rings. The Hall–Kier alpha value is -4.63. The number of Topliss-reactive ketones (excluding diaryl/α,β-unsaturated/α-hetero) is 1. The Labute approximate surface area is 280 Å². The Kier molecular flexibility index (Phi) is 23.0. The van der Waals surface area contributed by atoms with Crippen molar-refractivity contribution < 1.29 is 62.4 Å². The highest BCUT2D eigenvalue weighted by Gasteiger charge is 2.25. The van der Waals surface area contributed by atoms with Gasteiger partial charge in [-0.2, -0.15) is 0 Å². The molecule has 0 unspecified atom stereocenters. The molecule has 48 heavy (non-hydrogen) atoms. The van der Waals surface area contributed by atoms with E-state index < -0.39 is 48.0 Å². The fourth-order valence-corrected chi connectivity index (χ4v) is 3.31. The third-order valence-corrected chi connectivity index (χ3v) is 5.79. The molecule has 0 aliphatic heterocycles. The number of methoxy groups -OCH3 is 1. The summed E-state index contributed by atoms with van der Waals surface area (Å²) in [6.07, 6.45) is 2.33. The van der Waals surface area contributed by atoms with E-state index in [1.807, 2.05) is 0 Å². The van der Waals surface area contributed by atoms with Crippen LogP contribution in [0.1, 0.15) is 69.7 Å². The van der Waals surface area contributed by atoms with Crippen LogP contribution in [-0.2, 0) is 47.7 Å². The van der Waals surface area contributed by atoms with Crippen LogP contribution in [0.15, 0.2) is 36.9 Å². The van der Waals surface area contributed by atoms with Gasteiger partial charge in [-0.1, -0.05) is 6.58 Å². The zero-order valence-corrected chi connectivity index (χ0v) is 28.1. The van der Waals surface area contributed by atoms with Crippen molar-refractivity contribution in [1.82, 2.24) is 10.6 Å². The monoisotopic (exact) mass is 680 g/mol. The van der Waals surface area contributed by atoms with Gasteiger partial charge in [-0.25, -0.2) is 0 Å². The normalized spacial score (nSPS) is 10.4. The predicted molar refractivity (Wildman–Crippen MR) is 172 cm³/mol. The maximum absolute atomic E-state index is 12.0. The van der Waals surface area contributed by atoms with Crippen molar-refractivity contribution in [2.45, 2.75) is 64.9 Å². The molecule has 0 bridgehead atoms. The number of nitrogens with one attached hydrogen (secondary N) is 2. The van der Waals surface area contributed by atoms with Gasteiger partial charge >= 0.3 is 17.9 Å². The second kappa shape index (κ2) is 25.5. The van der Waals surface area contributed by atoms with Crippen molar-refractivity contribution in [3.8, 4) is 5.75 Å². The maximum atomic E-state index is 12.0. The third-order valence-electron chi connectivity index (χ3n) is 5.79. The molecule has 0 saturated heterocycles. The molecule has 0 heterocycles. The first-order valence-corrected chi connectivity index (χ1v) is 15.3. The second-order valence-corrected chi connectivity index (χ2v) is 10.6. The fraction of sp³-hybridized carbons (Fsp3) is 0.545. The summed E-state index contributed by atoms with van der Waals surface area (Å²) in [7, 11) is 1.51. The second-order valence-electron chi connectivity index (χ2n) is 10.6. The van der Waals surface area contributed by atoms with Crippen molar-refractivity contribution in [2.24, 2.45) is 0 Å². The topological polar surface area (TPSA) is 210 Å². The first kappa shape index (κ1) is 43.4. The van der Waals surface area contributed by atoms with Gasteiger partial charge in [0.05, 0.1) is 13.2 Å². The van der Waals surface area contributed by atoms with E-state index in [4.69, 9.17) is 23.7 Å². The number of hydrogen-bond acceptors (Lipinski definition) is 13. The van der Waals surface area contributed by atoms with Gasteiger partial charge in [-0.05, 0) is 70.4 Å². The summed E-state index contributed by atoms with van der Waals surface area (Å²) in [5, 5.41) is 14.7. The number of hydrogen-bond donors (Lipinski definition) is 3. The maximum Gasteiger partial charge on any atom is 0.315 e. The molecule has 3 N–H and O–H groups in total. The molecule has 1 aromatic rings. The van der Waals surface area contributed by atoms with Crippen LogP contribution in [0.25, 0.3) is 0 Å². The first-order valence-electron chi connectivity index (χ1n) is 15.3. The Bertz CT molecular complexity index is 1190. The summed E-state index contributed by atoms with van der Waals surface area (Å²) in [5.41, 5.74) is -1.16. The lowest BCUT2D eigenvalue weighted by molar-refractivity contribution is -0.148. The van der Waals surface area contributed by atoms with E-state index in [1.54, 1.807) is 12.1 Å². The lowest BCUT2D eigenvalue weighted by atomic mass is 9.97. The molecule has 1 rings (SSSR count). The van der Waals surface area contributed by atoms with Crippen LogP contribution >= 0.6 is 0 Å². The minimum absolute atomic E-state index is 0.0185. The van der Waals surface area contributed by atoms with Crippen LogP contribution in [0.4, 0.5) is 0 Å². The average Bonchev–Trinajstić information content (AvgIpc) is 3.03. The SMILES string of the molecule is C=CC(C)=O.COCCOC(=O)CCCCCOC(=O)CC(=O)NCCNC(=O)CC(=O)OCCOc1ccc(C(=O)C(C)(C)O)cc1. The summed E-state index contributed by atoms with van der Waals surface area (Å²) in [4.78, 5) is 80.4. The van der Waals surface area contributed by atoms with Crippen LogP contribution in [0.5, 0.6) is 5.75 Å². The number of unbranched alkanes of at least 4 members (excludes halogenated alkanes) is 2. The van der Waals surface area contributed by atoms with Gasteiger partial charge in [-0.15, -0.1) is 0 Å². The van der Waals surface area contributed by atoms with Gasteiger partial charge in [0.15, 0.2) is 11.6 Å². The molecule has 0 spiro atoms. The van der Waals surface area contributed by atoms with E-state index in [1.165, 1.54) is 46.1 Å². The van der Waals surface area contributed by atoms with Crippen LogP contribution in [0.2, 0.25) is 0 Å². The van der Waals surface area contributed by atoms with Crippen molar-refractivity contribution in [1.29, 1.82) is 0 Å². The molecule has 0 aliphatic carbocycles. The number of aliphatic hydroxyl groups is 1. The summed E-state index contributed by atoms with van der Waals surface area (Å²) >= 11 is 0. The fourth-order valence-electron chi connectivity index (χ4n) is 3.31. The third kappa shape index (κ3) is 23.7. The average molecular weight is 681 g/mol.